The molecule has 4 N–H and O–H groups in total. The second-order valence-corrected chi connectivity index (χ2v) is 4.28. The number of hydrogen-bond acceptors (Lipinski definition) is 4. The molecule has 0 saturated carbocycles. The zero-order valence-corrected chi connectivity index (χ0v) is 10.6. The highest BCUT2D eigenvalue weighted by Gasteiger charge is 2.43. The van der Waals surface area contributed by atoms with Gasteiger partial charge in [-0.25, -0.2) is 9.59 Å². The van der Waals surface area contributed by atoms with Gasteiger partial charge in [0.25, 0.3) is 0 Å². The second kappa shape index (κ2) is 7.17. The molecular weight excluding hydrogens is 238 g/mol. The molecular formula is C11H21N3O4. The van der Waals surface area contributed by atoms with Crippen molar-refractivity contribution in [1.82, 2.24) is 16.0 Å². The lowest BCUT2D eigenvalue weighted by Gasteiger charge is -2.23. The molecule has 104 valence electrons. The van der Waals surface area contributed by atoms with Crippen LogP contribution in [0, 0.1) is 0 Å². The van der Waals surface area contributed by atoms with Gasteiger partial charge in [-0.2, -0.15) is 0 Å². The zero-order chi connectivity index (χ0) is 13.4. The van der Waals surface area contributed by atoms with E-state index in [0.717, 1.165) is 19.5 Å². The fourth-order valence-corrected chi connectivity index (χ4v) is 1.74. The minimum atomic E-state index is -1.27. The van der Waals surface area contributed by atoms with Crippen molar-refractivity contribution >= 4 is 12.0 Å². The molecule has 1 saturated heterocycles. The highest BCUT2D eigenvalue weighted by molar-refractivity contribution is 5.86. The maximum absolute atomic E-state index is 11.6. The largest absolute Gasteiger partial charge is 0.479 e. The van der Waals surface area contributed by atoms with E-state index in [-0.39, 0.29) is 6.61 Å². The molecule has 1 heterocycles. The van der Waals surface area contributed by atoms with Crippen molar-refractivity contribution < 1.29 is 19.4 Å². The fraction of sp³-hybridized carbons (Fsp3) is 0.818. The Morgan fingerprint density at radius 3 is 2.72 bits per heavy atom. The summed E-state index contributed by atoms with van der Waals surface area (Å²) in [4.78, 5) is 22.7. The third kappa shape index (κ3) is 4.15. The van der Waals surface area contributed by atoms with Crippen molar-refractivity contribution in [3.05, 3.63) is 0 Å². The number of hydrogen-bond donors (Lipinski definition) is 4. The molecule has 1 fully saturated rings. The molecule has 0 radical (unpaired) electrons. The maximum atomic E-state index is 11.6. The van der Waals surface area contributed by atoms with Crippen LogP contribution in [0.3, 0.4) is 0 Å². The van der Waals surface area contributed by atoms with Gasteiger partial charge in [0.05, 0.1) is 6.61 Å². The van der Waals surface area contributed by atoms with Crippen molar-refractivity contribution in [2.24, 2.45) is 0 Å². The van der Waals surface area contributed by atoms with Gasteiger partial charge >= 0.3 is 12.0 Å². The van der Waals surface area contributed by atoms with Crippen LogP contribution in [0.25, 0.3) is 0 Å². The Labute approximate surface area is 106 Å². The number of carboxylic acid groups (broad SMARTS) is 1. The van der Waals surface area contributed by atoms with Gasteiger partial charge in [0.15, 0.2) is 5.54 Å². The lowest BCUT2D eigenvalue weighted by atomic mass is 9.99. The third-order valence-corrected chi connectivity index (χ3v) is 2.85. The number of amides is 2. The van der Waals surface area contributed by atoms with Gasteiger partial charge in [-0.1, -0.05) is 6.92 Å². The van der Waals surface area contributed by atoms with Gasteiger partial charge in [0.2, 0.25) is 0 Å². The van der Waals surface area contributed by atoms with Crippen LogP contribution in [-0.2, 0) is 9.53 Å². The summed E-state index contributed by atoms with van der Waals surface area (Å²) in [6, 6.07) is -0.459. The Balaban J connectivity index is 2.27. The van der Waals surface area contributed by atoms with Crippen LogP contribution in [-0.4, -0.2) is 55.5 Å². The highest BCUT2D eigenvalue weighted by atomic mass is 16.5. The Bertz CT molecular complexity index is 290. The summed E-state index contributed by atoms with van der Waals surface area (Å²) in [6.45, 7) is 4.61. The minimum Gasteiger partial charge on any atom is -0.479 e. The van der Waals surface area contributed by atoms with Crippen molar-refractivity contribution in [3.8, 4) is 0 Å². The van der Waals surface area contributed by atoms with E-state index in [4.69, 9.17) is 9.84 Å². The molecule has 1 atom stereocenters. The first-order chi connectivity index (χ1) is 8.60. The van der Waals surface area contributed by atoms with Crippen LogP contribution in [0.4, 0.5) is 4.79 Å². The van der Waals surface area contributed by atoms with E-state index in [1.54, 1.807) is 0 Å². The number of carboxylic acids is 1. The van der Waals surface area contributed by atoms with Gasteiger partial charge in [0.1, 0.15) is 0 Å². The number of ether oxygens (including phenoxy) is 1. The van der Waals surface area contributed by atoms with E-state index in [9.17, 15) is 9.59 Å². The molecule has 0 aliphatic carbocycles. The monoisotopic (exact) mass is 259 g/mol. The summed E-state index contributed by atoms with van der Waals surface area (Å²) < 4.78 is 5.05. The standard InChI is InChI=1S/C11H21N3O4/c1-2-12-5-3-6-13-10(17)14-11(9(15)16)4-7-18-8-11/h12H,2-8H2,1H3,(H,15,16)(H2,13,14,17). The number of urea groups is 1. The van der Waals surface area contributed by atoms with E-state index in [2.05, 4.69) is 16.0 Å². The molecule has 0 aromatic heterocycles. The summed E-state index contributed by atoms with van der Waals surface area (Å²) in [7, 11) is 0. The van der Waals surface area contributed by atoms with Crippen LogP contribution in [0.2, 0.25) is 0 Å². The highest BCUT2D eigenvalue weighted by Crippen LogP contribution is 2.18. The molecule has 7 heteroatoms. The summed E-state index contributed by atoms with van der Waals surface area (Å²) in [6.07, 6.45) is 1.10. The fourth-order valence-electron chi connectivity index (χ4n) is 1.74. The van der Waals surface area contributed by atoms with E-state index < -0.39 is 17.5 Å². The Morgan fingerprint density at radius 2 is 2.17 bits per heavy atom. The number of carbonyl (C=O) groups is 2. The van der Waals surface area contributed by atoms with Crippen LogP contribution >= 0.6 is 0 Å². The molecule has 1 aliphatic heterocycles. The summed E-state index contributed by atoms with van der Waals surface area (Å²) in [5, 5.41) is 17.4. The lowest BCUT2D eigenvalue weighted by molar-refractivity contribution is -0.144. The van der Waals surface area contributed by atoms with Crippen LogP contribution < -0.4 is 16.0 Å². The third-order valence-electron chi connectivity index (χ3n) is 2.85. The molecule has 0 bridgehead atoms. The van der Waals surface area contributed by atoms with Gasteiger partial charge in [-0.3, -0.25) is 0 Å². The number of nitrogens with one attached hydrogen (secondary N) is 3. The molecule has 1 aliphatic rings. The average Bonchev–Trinajstić information content (AvgIpc) is 2.78. The molecule has 0 spiro atoms. The van der Waals surface area contributed by atoms with Crippen molar-refractivity contribution in [2.75, 3.05) is 32.8 Å². The van der Waals surface area contributed by atoms with Gasteiger partial charge in [-0.15, -0.1) is 0 Å². The van der Waals surface area contributed by atoms with E-state index in [0.29, 0.717) is 19.6 Å². The van der Waals surface area contributed by atoms with Gasteiger partial charge in [0, 0.05) is 19.6 Å². The molecule has 18 heavy (non-hydrogen) atoms. The quantitative estimate of drug-likeness (QED) is 0.463. The minimum absolute atomic E-state index is 0.0210. The van der Waals surface area contributed by atoms with Crippen LogP contribution in [0.1, 0.15) is 19.8 Å². The predicted molar refractivity (Wildman–Crippen MR) is 65.5 cm³/mol. The van der Waals surface area contributed by atoms with Crippen molar-refractivity contribution in [3.63, 3.8) is 0 Å². The zero-order valence-electron chi connectivity index (χ0n) is 10.6. The van der Waals surface area contributed by atoms with Gasteiger partial charge in [-0.05, 0) is 19.5 Å². The lowest BCUT2D eigenvalue weighted by Crippen LogP contribution is -2.57. The van der Waals surface area contributed by atoms with Crippen LogP contribution in [0.5, 0.6) is 0 Å². The first-order valence-corrected chi connectivity index (χ1v) is 6.18. The molecule has 2 amide bonds. The average molecular weight is 259 g/mol. The van der Waals surface area contributed by atoms with Crippen molar-refractivity contribution in [1.29, 1.82) is 0 Å². The topological polar surface area (TPSA) is 99.7 Å². The smallest absolute Gasteiger partial charge is 0.332 e. The van der Waals surface area contributed by atoms with Gasteiger partial charge < -0.3 is 25.8 Å². The van der Waals surface area contributed by atoms with E-state index in [1.807, 2.05) is 6.92 Å². The predicted octanol–water partition coefficient (Wildman–Crippen LogP) is -0.471. The molecule has 7 nitrogen and oxygen atoms in total. The first kappa shape index (κ1) is 14.7. The van der Waals surface area contributed by atoms with E-state index >= 15 is 0 Å². The Kier molecular flexibility index (Phi) is 5.87. The normalized spacial score (nSPS) is 22.7. The first-order valence-electron chi connectivity index (χ1n) is 6.18. The number of aliphatic carboxylic acids is 1. The summed E-state index contributed by atoms with van der Waals surface area (Å²) in [5.74, 6) is -1.05. The Hall–Kier alpha value is -1.34. The molecule has 1 unspecified atom stereocenters. The van der Waals surface area contributed by atoms with E-state index in [1.165, 1.54) is 0 Å². The molecule has 0 aromatic carbocycles. The second-order valence-electron chi connectivity index (χ2n) is 4.28. The summed E-state index contributed by atoms with van der Waals surface area (Å²) >= 11 is 0. The van der Waals surface area contributed by atoms with Crippen molar-refractivity contribution in [2.45, 2.75) is 25.3 Å². The molecule has 1 rings (SSSR count). The Morgan fingerprint density at radius 1 is 1.39 bits per heavy atom. The SMILES string of the molecule is CCNCCCNC(=O)NC1(C(=O)O)CCOC1. The number of carbonyl (C=O) groups excluding carboxylic acids is 1. The molecule has 0 aromatic rings. The summed E-state index contributed by atoms with van der Waals surface area (Å²) in [5.41, 5.74) is -1.27. The number of rotatable bonds is 7. The van der Waals surface area contributed by atoms with Crippen LogP contribution in [0.15, 0.2) is 0 Å². The maximum Gasteiger partial charge on any atom is 0.332 e.